The molecule has 0 unspecified atom stereocenters. The summed E-state index contributed by atoms with van der Waals surface area (Å²) in [6, 6.07) is 0. The van der Waals surface area contributed by atoms with Crippen LogP contribution < -0.4 is 0 Å². The molecule has 0 radical (unpaired) electrons. The molecule has 0 bridgehead atoms. The molecule has 0 heterocycles. The SMILES string of the molecule is COC(F)(F)C(F)(C(F)(F)F)C(F)(F)F.COC(F)(F)C(F)(F)C(F)(F)C(F)(F)F.ClC=CCl. The minimum atomic E-state index is -6.89. The van der Waals surface area contributed by atoms with Gasteiger partial charge >= 0.3 is 48.3 Å². The van der Waals surface area contributed by atoms with Crippen molar-refractivity contribution < 1.29 is 88.5 Å². The van der Waals surface area contributed by atoms with Crippen LogP contribution in [0.4, 0.5) is 79.0 Å². The van der Waals surface area contributed by atoms with Crippen molar-refractivity contribution >= 4 is 23.2 Å². The third-order valence-corrected chi connectivity index (χ3v) is 3.24. The monoisotopic (exact) mass is 596 g/mol. The maximum absolute atomic E-state index is 12.5. The molecule has 0 saturated heterocycles. The van der Waals surface area contributed by atoms with E-state index in [1.54, 1.807) is 0 Å². The van der Waals surface area contributed by atoms with E-state index in [0.717, 1.165) is 0 Å². The summed E-state index contributed by atoms with van der Waals surface area (Å²) in [5, 5.41) is 0. The zero-order valence-corrected chi connectivity index (χ0v) is 17.0. The molecule has 0 aromatic heterocycles. The summed E-state index contributed by atoms with van der Waals surface area (Å²) in [5.74, 6) is -13.6. The highest BCUT2D eigenvalue weighted by molar-refractivity contribution is 6.33. The third-order valence-electron chi connectivity index (χ3n) is 2.86. The fraction of sp³-hybridized carbons (Fsp3) is 0.833. The van der Waals surface area contributed by atoms with Gasteiger partial charge in [0.1, 0.15) is 0 Å². The highest BCUT2D eigenvalue weighted by atomic mass is 35.5. The number of methoxy groups -OCH3 is 2. The Morgan fingerprint density at radius 1 is 0.441 bits per heavy atom. The fourth-order valence-electron chi connectivity index (χ4n) is 1.12. The Morgan fingerprint density at radius 2 is 0.706 bits per heavy atom. The van der Waals surface area contributed by atoms with Gasteiger partial charge in [-0.15, -0.1) is 0 Å². The molecule has 0 aliphatic heterocycles. The average molecular weight is 597 g/mol. The van der Waals surface area contributed by atoms with Crippen molar-refractivity contribution in [3.63, 3.8) is 0 Å². The highest BCUT2D eigenvalue weighted by Crippen LogP contribution is 2.55. The summed E-state index contributed by atoms with van der Waals surface area (Å²) in [5.41, 5.74) is -4.26. The van der Waals surface area contributed by atoms with Crippen molar-refractivity contribution in [2.75, 3.05) is 14.2 Å². The van der Waals surface area contributed by atoms with Crippen LogP contribution in [-0.2, 0) is 9.47 Å². The Labute approximate surface area is 186 Å². The smallest absolute Gasteiger partial charge is 0.321 e. The molecule has 0 fully saturated rings. The van der Waals surface area contributed by atoms with Gasteiger partial charge in [0, 0.05) is 25.3 Å². The molecule has 34 heavy (non-hydrogen) atoms. The molecule has 0 rings (SSSR count). The number of hydrogen-bond donors (Lipinski definition) is 0. The number of ether oxygens (including phenoxy) is 2. The maximum atomic E-state index is 12.5. The van der Waals surface area contributed by atoms with E-state index >= 15 is 0 Å². The van der Waals surface area contributed by atoms with E-state index in [2.05, 4.69) is 9.47 Å². The normalized spacial score (nSPS) is 14.9. The van der Waals surface area contributed by atoms with Crippen LogP contribution in [0.1, 0.15) is 0 Å². The predicted octanol–water partition coefficient (Wildman–Crippen LogP) is 8.05. The van der Waals surface area contributed by atoms with Crippen LogP contribution in [0.15, 0.2) is 11.1 Å². The van der Waals surface area contributed by atoms with Gasteiger partial charge < -0.3 is 9.47 Å². The average Bonchev–Trinajstić information content (AvgIpc) is 2.64. The quantitative estimate of drug-likeness (QED) is 0.299. The maximum Gasteiger partial charge on any atom is 0.460 e. The Morgan fingerprint density at radius 3 is 0.824 bits per heavy atom. The van der Waals surface area contributed by atoms with Gasteiger partial charge in [0.2, 0.25) is 0 Å². The van der Waals surface area contributed by atoms with Crippen molar-refractivity contribution in [1.29, 1.82) is 0 Å². The Balaban J connectivity index is -0.000000488. The largest absolute Gasteiger partial charge is 0.460 e. The van der Waals surface area contributed by atoms with Crippen LogP contribution in [0.25, 0.3) is 0 Å². The number of rotatable bonds is 5. The lowest BCUT2D eigenvalue weighted by atomic mass is 10.0. The van der Waals surface area contributed by atoms with Crippen molar-refractivity contribution in [1.82, 2.24) is 0 Å². The molecule has 22 heteroatoms. The van der Waals surface area contributed by atoms with E-state index in [0.29, 0.717) is 0 Å². The number of hydrogen-bond acceptors (Lipinski definition) is 2. The van der Waals surface area contributed by atoms with Gasteiger partial charge in [-0.3, -0.25) is 0 Å². The first kappa shape index (κ1) is 37.5. The second-order valence-electron chi connectivity index (χ2n) is 4.99. The van der Waals surface area contributed by atoms with Gasteiger partial charge in [0.05, 0.1) is 0 Å². The third kappa shape index (κ3) is 7.74. The van der Waals surface area contributed by atoms with Gasteiger partial charge in [-0.05, 0) is 0 Å². The molecular weight excluding hydrogens is 589 g/mol. The minimum Gasteiger partial charge on any atom is -0.321 e. The van der Waals surface area contributed by atoms with Crippen LogP contribution >= 0.6 is 23.2 Å². The summed E-state index contributed by atoms with van der Waals surface area (Å²) in [4.78, 5) is 0. The molecule has 0 aromatic rings. The molecule has 0 spiro atoms. The Kier molecular flexibility index (Phi) is 13.0. The van der Waals surface area contributed by atoms with Gasteiger partial charge in [-0.25, -0.2) is 4.39 Å². The molecule has 0 aliphatic carbocycles. The molecule has 208 valence electrons. The molecule has 0 saturated carbocycles. The summed E-state index contributed by atoms with van der Waals surface area (Å²) < 4.78 is 218. The molecule has 0 aliphatic rings. The van der Waals surface area contributed by atoms with Crippen LogP contribution in [-0.4, -0.2) is 62.5 Å². The zero-order chi connectivity index (χ0) is 28.8. The van der Waals surface area contributed by atoms with Crippen LogP contribution in [0.2, 0.25) is 0 Å². The van der Waals surface area contributed by atoms with E-state index in [1.807, 2.05) is 0 Å². The topological polar surface area (TPSA) is 18.5 Å². The molecule has 2 nitrogen and oxygen atoms in total. The molecular formula is C12H8Cl2F18O2. The second kappa shape index (κ2) is 11.8. The second-order valence-corrected chi connectivity index (χ2v) is 5.50. The Hall–Kier alpha value is -1.02. The van der Waals surface area contributed by atoms with E-state index in [9.17, 15) is 79.0 Å². The summed E-state index contributed by atoms with van der Waals surface area (Å²) in [6.45, 7) is 0. The minimum absolute atomic E-state index is 0.125. The molecule has 0 aromatic carbocycles. The highest BCUT2D eigenvalue weighted by Gasteiger charge is 2.85. The van der Waals surface area contributed by atoms with Crippen molar-refractivity contribution in [3.05, 3.63) is 11.1 Å². The van der Waals surface area contributed by atoms with Gasteiger partial charge in [-0.1, -0.05) is 23.2 Å². The molecule has 0 amide bonds. The van der Waals surface area contributed by atoms with E-state index in [4.69, 9.17) is 23.2 Å². The van der Waals surface area contributed by atoms with Gasteiger partial charge in [0.15, 0.2) is 0 Å². The van der Waals surface area contributed by atoms with Crippen LogP contribution in [0.3, 0.4) is 0 Å². The number of alkyl halides is 18. The van der Waals surface area contributed by atoms with Crippen LogP contribution in [0.5, 0.6) is 0 Å². The summed E-state index contributed by atoms with van der Waals surface area (Å²) in [7, 11) is -0.299. The van der Waals surface area contributed by atoms with Crippen molar-refractivity contribution in [2.45, 2.75) is 48.3 Å². The van der Waals surface area contributed by atoms with E-state index < -0.39 is 48.3 Å². The number of halogens is 20. The zero-order valence-electron chi connectivity index (χ0n) is 15.5. The lowest BCUT2D eigenvalue weighted by Crippen LogP contribution is -2.65. The molecule has 0 N–H and O–H groups in total. The van der Waals surface area contributed by atoms with Crippen molar-refractivity contribution in [2.24, 2.45) is 0 Å². The van der Waals surface area contributed by atoms with E-state index in [-0.39, 0.29) is 14.2 Å². The van der Waals surface area contributed by atoms with Crippen LogP contribution in [0, 0.1) is 0 Å². The van der Waals surface area contributed by atoms with Gasteiger partial charge in [-0.2, -0.15) is 74.6 Å². The van der Waals surface area contributed by atoms with Gasteiger partial charge in [0.25, 0.3) is 0 Å². The van der Waals surface area contributed by atoms with E-state index in [1.165, 1.54) is 11.1 Å². The lowest BCUT2D eigenvalue weighted by Gasteiger charge is -2.34. The first-order valence-corrected chi connectivity index (χ1v) is 7.77. The standard InChI is InChI=1S/2C5H3F9O.C2H2Cl2/c1-15-5(13,14)3(8,9)2(6,7)4(10,11)12;1-15-5(13,14)2(6,3(7,8)9)4(10,11)12;3-1-2-4/h2*1H3;1-2H. The first-order valence-electron chi connectivity index (χ1n) is 6.90. The van der Waals surface area contributed by atoms with Crippen molar-refractivity contribution in [3.8, 4) is 0 Å². The fourth-order valence-corrected chi connectivity index (χ4v) is 1.12. The molecule has 0 atom stereocenters. The Bertz CT molecular complexity index is 618. The summed E-state index contributed by atoms with van der Waals surface area (Å²) >= 11 is 9.75. The first-order chi connectivity index (χ1) is 14.5. The summed E-state index contributed by atoms with van der Waals surface area (Å²) in [6.07, 6.45) is -32.5. The predicted molar refractivity (Wildman–Crippen MR) is 76.7 cm³/mol. The lowest BCUT2D eigenvalue weighted by molar-refractivity contribution is -0.445.